The lowest BCUT2D eigenvalue weighted by Crippen LogP contribution is -2.39. The number of hydrogen-bond donors (Lipinski definition) is 0. The molecule has 0 nitrogen and oxygen atoms in total. The maximum atomic E-state index is 13.1. The summed E-state index contributed by atoms with van der Waals surface area (Å²) < 4.78 is 39.2. The highest BCUT2D eigenvalue weighted by molar-refractivity contribution is 5.34. The summed E-state index contributed by atoms with van der Waals surface area (Å²) in [6, 6.07) is 5.14. The number of rotatable bonds is 2. The van der Waals surface area contributed by atoms with E-state index in [9.17, 15) is 13.2 Å². The monoisotopic (exact) mass is 230 g/mol. The number of benzene rings is 1. The fourth-order valence-corrected chi connectivity index (χ4v) is 1.86. The van der Waals surface area contributed by atoms with Gasteiger partial charge in [-0.3, -0.25) is 0 Å². The van der Waals surface area contributed by atoms with E-state index in [-0.39, 0.29) is 6.42 Å². The van der Waals surface area contributed by atoms with Crippen LogP contribution in [0.3, 0.4) is 0 Å². The first kappa shape index (κ1) is 13.1. The topological polar surface area (TPSA) is 0 Å². The molecular weight excluding hydrogens is 213 g/mol. The van der Waals surface area contributed by atoms with Crippen LogP contribution in [0.5, 0.6) is 0 Å². The maximum absolute atomic E-state index is 13.1. The van der Waals surface area contributed by atoms with Crippen LogP contribution in [0.25, 0.3) is 0 Å². The quantitative estimate of drug-likeness (QED) is 0.700. The van der Waals surface area contributed by atoms with Crippen molar-refractivity contribution in [3.63, 3.8) is 0 Å². The molecule has 90 valence electrons. The van der Waals surface area contributed by atoms with E-state index in [2.05, 4.69) is 0 Å². The molecule has 1 aromatic rings. The van der Waals surface area contributed by atoms with Gasteiger partial charge >= 0.3 is 6.18 Å². The zero-order chi connectivity index (χ0) is 12.6. The molecule has 0 heterocycles. The van der Waals surface area contributed by atoms with Gasteiger partial charge in [0.1, 0.15) is 0 Å². The van der Waals surface area contributed by atoms with Gasteiger partial charge in [0, 0.05) is 0 Å². The van der Waals surface area contributed by atoms with E-state index in [1.54, 1.807) is 19.1 Å². The lowest BCUT2D eigenvalue weighted by molar-refractivity contribution is -0.186. The molecule has 1 rings (SSSR count). The van der Waals surface area contributed by atoms with Crippen molar-refractivity contribution in [2.24, 2.45) is 0 Å². The Hall–Kier alpha value is -0.990. The second kappa shape index (κ2) is 4.11. The normalized spacial score (nSPS) is 15.9. The molecule has 0 radical (unpaired) electrons. The summed E-state index contributed by atoms with van der Waals surface area (Å²) in [6.45, 7) is 6.48. The summed E-state index contributed by atoms with van der Waals surface area (Å²) in [5.41, 5.74) is 0.363. The molecule has 0 aliphatic heterocycles. The molecule has 0 spiro atoms. The van der Waals surface area contributed by atoms with Crippen LogP contribution in [-0.2, 0) is 5.41 Å². The first-order chi connectivity index (χ1) is 7.20. The Labute approximate surface area is 94.5 Å². The summed E-state index contributed by atoms with van der Waals surface area (Å²) in [7, 11) is 0. The van der Waals surface area contributed by atoms with Crippen LogP contribution in [-0.4, -0.2) is 6.18 Å². The van der Waals surface area contributed by atoms with Gasteiger partial charge in [0.05, 0.1) is 5.41 Å². The Bertz CT molecular complexity index is 359. The average molecular weight is 230 g/mol. The first-order valence-corrected chi connectivity index (χ1v) is 5.36. The van der Waals surface area contributed by atoms with Crippen molar-refractivity contribution in [3.8, 4) is 0 Å². The third-order valence-electron chi connectivity index (χ3n) is 3.19. The molecule has 0 aliphatic rings. The third kappa shape index (κ3) is 2.23. The summed E-state index contributed by atoms with van der Waals surface area (Å²) in [5, 5.41) is 0. The molecule has 0 amide bonds. The highest BCUT2D eigenvalue weighted by atomic mass is 19.4. The van der Waals surface area contributed by atoms with Gasteiger partial charge in [0.25, 0.3) is 0 Å². The molecular formula is C13H17F3. The zero-order valence-electron chi connectivity index (χ0n) is 10.1. The Morgan fingerprint density at radius 3 is 1.75 bits per heavy atom. The molecule has 0 N–H and O–H groups in total. The number of halogens is 3. The minimum absolute atomic E-state index is 0.0550. The fraction of sp³-hybridized carbons (Fsp3) is 0.538. The van der Waals surface area contributed by atoms with Gasteiger partial charge in [-0.05, 0) is 32.8 Å². The molecule has 1 aromatic carbocycles. The van der Waals surface area contributed by atoms with Crippen LogP contribution >= 0.6 is 0 Å². The predicted molar refractivity (Wildman–Crippen MR) is 59.6 cm³/mol. The summed E-state index contributed by atoms with van der Waals surface area (Å²) >= 11 is 0. The summed E-state index contributed by atoms with van der Waals surface area (Å²) in [5.74, 6) is 0. The van der Waals surface area contributed by atoms with Gasteiger partial charge < -0.3 is 0 Å². The molecule has 0 aromatic heterocycles. The maximum Gasteiger partial charge on any atom is 0.398 e. The van der Waals surface area contributed by atoms with Gasteiger partial charge in [0.2, 0.25) is 0 Å². The lowest BCUT2D eigenvalue weighted by atomic mass is 9.78. The van der Waals surface area contributed by atoms with Crippen molar-refractivity contribution >= 4 is 0 Å². The number of aryl methyl sites for hydroxylation is 2. The molecule has 16 heavy (non-hydrogen) atoms. The molecule has 3 heteroatoms. The first-order valence-electron chi connectivity index (χ1n) is 5.36. The van der Waals surface area contributed by atoms with E-state index in [1.165, 1.54) is 6.92 Å². The van der Waals surface area contributed by atoms with Gasteiger partial charge in [-0.2, -0.15) is 13.2 Å². The second-order valence-corrected chi connectivity index (χ2v) is 4.56. The minimum Gasteiger partial charge on any atom is -0.170 e. The van der Waals surface area contributed by atoms with E-state index in [1.807, 2.05) is 19.9 Å². The Morgan fingerprint density at radius 1 is 1.00 bits per heavy atom. The van der Waals surface area contributed by atoms with Crippen LogP contribution in [0.2, 0.25) is 0 Å². The Kier molecular flexibility index (Phi) is 3.36. The van der Waals surface area contributed by atoms with E-state index >= 15 is 0 Å². The largest absolute Gasteiger partial charge is 0.398 e. The Morgan fingerprint density at radius 2 is 1.44 bits per heavy atom. The van der Waals surface area contributed by atoms with E-state index in [0.29, 0.717) is 5.56 Å². The van der Waals surface area contributed by atoms with Crippen LogP contribution < -0.4 is 0 Å². The van der Waals surface area contributed by atoms with Crippen molar-refractivity contribution in [1.29, 1.82) is 0 Å². The molecule has 1 atom stereocenters. The zero-order valence-corrected chi connectivity index (χ0v) is 10.1. The number of hydrogen-bond acceptors (Lipinski definition) is 0. The summed E-state index contributed by atoms with van der Waals surface area (Å²) in [6.07, 6.45) is -4.15. The predicted octanol–water partition coefficient (Wildman–Crippen LogP) is 4.53. The standard InChI is InChI=1S/C13H17F3/c1-5-12(4,13(14,15)16)11-7-9(2)6-10(3)8-11/h6-8H,5H2,1-4H3. The van der Waals surface area contributed by atoms with Crippen molar-refractivity contribution in [1.82, 2.24) is 0 Å². The molecule has 0 bridgehead atoms. The highest BCUT2D eigenvalue weighted by Crippen LogP contribution is 2.43. The SMILES string of the molecule is CCC(C)(c1cc(C)cc(C)c1)C(F)(F)F. The van der Waals surface area contributed by atoms with E-state index in [0.717, 1.165) is 11.1 Å². The van der Waals surface area contributed by atoms with Crippen LogP contribution in [0.1, 0.15) is 37.0 Å². The third-order valence-corrected chi connectivity index (χ3v) is 3.19. The van der Waals surface area contributed by atoms with Crippen molar-refractivity contribution in [2.75, 3.05) is 0 Å². The van der Waals surface area contributed by atoms with E-state index < -0.39 is 11.6 Å². The summed E-state index contributed by atoms with van der Waals surface area (Å²) in [4.78, 5) is 0. The van der Waals surface area contributed by atoms with Crippen molar-refractivity contribution in [3.05, 3.63) is 34.9 Å². The smallest absolute Gasteiger partial charge is 0.170 e. The molecule has 0 saturated carbocycles. The second-order valence-electron chi connectivity index (χ2n) is 4.56. The molecule has 0 aliphatic carbocycles. The lowest BCUT2D eigenvalue weighted by Gasteiger charge is -2.32. The average Bonchev–Trinajstić information content (AvgIpc) is 2.13. The fourth-order valence-electron chi connectivity index (χ4n) is 1.86. The van der Waals surface area contributed by atoms with Crippen molar-refractivity contribution in [2.45, 2.75) is 45.7 Å². The number of alkyl halides is 3. The van der Waals surface area contributed by atoms with E-state index in [4.69, 9.17) is 0 Å². The van der Waals surface area contributed by atoms with Gasteiger partial charge in [0.15, 0.2) is 0 Å². The van der Waals surface area contributed by atoms with Gasteiger partial charge in [-0.25, -0.2) is 0 Å². The Balaban J connectivity index is 3.34. The van der Waals surface area contributed by atoms with Crippen LogP contribution in [0.15, 0.2) is 18.2 Å². The van der Waals surface area contributed by atoms with Gasteiger partial charge in [-0.1, -0.05) is 36.2 Å². The highest BCUT2D eigenvalue weighted by Gasteiger charge is 2.50. The molecule has 0 saturated heterocycles. The molecule has 0 fully saturated rings. The van der Waals surface area contributed by atoms with Crippen molar-refractivity contribution < 1.29 is 13.2 Å². The van der Waals surface area contributed by atoms with Gasteiger partial charge in [-0.15, -0.1) is 0 Å². The van der Waals surface area contributed by atoms with Crippen LogP contribution in [0, 0.1) is 13.8 Å². The van der Waals surface area contributed by atoms with Crippen LogP contribution in [0.4, 0.5) is 13.2 Å². The minimum atomic E-state index is -4.21. The molecule has 1 unspecified atom stereocenters.